The molecule has 1 aromatic rings. The Morgan fingerprint density at radius 3 is 2.37 bits per heavy atom. The fourth-order valence-electron chi connectivity index (χ4n) is 4.57. The summed E-state index contributed by atoms with van der Waals surface area (Å²) in [6.07, 6.45) is 2.53. The molecule has 6 heteroatoms. The van der Waals surface area contributed by atoms with Crippen LogP contribution in [0.3, 0.4) is 0 Å². The van der Waals surface area contributed by atoms with Crippen LogP contribution in [0.4, 0.5) is 0 Å². The van der Waals surface area contributed by atoms with Crippen molar-refractivity contribution in [1.29, 1.82) is 0 Å². The lowest BCUT2D eigenvalue weighted by Crippen LogP contribution is -2.44. The number of aliphatic imine (C=N–C) groups is 1. The van der Waals surface area contributed by atoms with Gasteiger partial charge >= 0.3 is 11.9 Å². The third-order valence-electron chi connectivity index (χ3n) is 5.75. The van der Waals surface area contributed by atoms with Gasteiger partial charge in [0.05, 0.1) is 29.4 Å². The second kappa shape index (κ2) is 8.54. The van der Waals surface area contributed by atoms with Gasteiger partial charge in [0.15, 0.2) is 0 Å². The summed E-state index contributed by atoms with van der Waals surface area (Å²) in [6, 6.07) is 6.44. The Bertz CT molecular complexity index is 923. The normalized spacial score (nSPS) is 22.9. The summed E-state index contributed by atoms with van der Waals surface area (Å²) in [4.78, 5) is 42.3. The van der Waals surface area contributed by atoms with E-state index in [1.54, 1.807) is 19.1 Å². The minimum atomic E-state index is -1.02. The van der Waals surface area contributed by atoms with Crippen LogP contribution in [0.5, 0.6) is 0 Å². The van der Waals surface area contributed by atoms with E-state index >= 15 is 0 Å². The second-order valence-electron chi connectivity index (χ2n) is 8.80. The van der Waals surface area contributed by atoms with Crippen LogP contribution in [0, 0.1) is 11.3 Å². The first-order valence-electron chi connectivity index (χ1n) is 10.5. The van der Waals surface area contributed by atoms with E-state index in [-0.39, 0.29) is 23.4 Å². The first-order valence-corrected chi connectivity index (χ1v) is 10.5. The van der Waals surface area contributed by atoms with Gasteiger partial charge in [0.1, 0.15) is 5.78 Å². The van der Waals surface area contributed by atoms with Crippen molar-refractivity contribution < 1.29 is 24.2 Å². The van der Waals surface area contributed by atoms with Crippen LogP contribution < -0.4 is 0 Å². The van der Waals surface area contributed by atoms with Gasteiger partial charge in [-0.1, -0.05) is 39.3 Å². The maximum atomic E-state index is 13.2. The Morgan fingerprint density at radius 1 is 1.13 bits per heavy atom. The number of esters is 1. The predicted octanol–water partition coefficient (Wildman–Crippen LogP) is 4.55. The molecule has 0 bridgehead atoms. The minimum Gasteiger partial charge on any atom is -0.478 e. The number of allylic oxidation sites excluding steroid dienone is 1. The van der Waals surface area contributed by atoms with Crippen LogP contribution in [0.2, 0.25) is 0 Å². The first kappa shape index (κ1) is 21.9. The van der Waals surface area contributed by atoms with E-state index in [2.05, 4.69) is 13.8 Å². The molecule has 0 aromatic heterocycles. The van der Waals surface area contributed by atoms with Crippen molar-refractivity contribution in [2.24, 2.45) is 16.3 Å². The lowest BCUT2D eigenvalue weighted by molar-refractivity contribution is -0.139. The van der Waals surface area contributed by atoms with Crippen LogP contribution >= 0.6 is 0 Å². The largest absolute Gasteiger partial charge is 0.478 e. The molecular formula is C24H29NO5. The third kappa shape index (κ3) is 4.23. The highest BCUT2D eigenvalue weighted by Crippen LogP contribution is 2.47. The zero-order chi connectivity index (χ0) is 22.1. The van der Waals surface area contributed by atoms with Crippen LogP contribution in [0.15, 0.2) is 40.5 Å². The zero-order valence-electron chi connectivity index (χ0n) is 18.0. The molecule has 1 N–H and O–H groups in total. The van der Waals surface area contributed by atoms with Crippen molar-refractivity contribution in [1.82, 2.24) is 0 Å². The van der Waals surface area contributed by atoms with E-state index in [0.717, 1.165) is 17.7 Å². The molecule has 3 rings (SSSR count). The number of hydrogen-bond acceptors (Lipinski definition) is 5. The van der Waals surface area contributed by atoms with Gasteiger partial charge in [-0.25, -0.2) is 9.59 Å². The Labute approximate surface area is 177 Å². The number of rotatable bonds is 6. The molecule has 2 aliphatic rings. The molecule has 6 nitrogen and oxygen atoms in total. The van der Waals surface area contributed by atoms with Crippen LogP contribution in [0.1, 0.15) is 75.2 Å². The molecule has 0 spiro atoms. The average Bonchev–Trinajstić information content (AvgIpc) is 2.66. The van der Waals surface area contributed by atoms with Crippen molar-refractivity contribution in [3.8, 4) is 0 Å². The standard InChI is InChI=1S/C24H29NO5/c1-5-7-16-21(23(29)30-6-2)19(14-8-10-15(11-9-14)22(27)28)20-17(25-16)12-24(3,4)13-18(20)26/h8-11,19-20H,5-7,12-13H2,1-4H3,(H,27,28). The van der Waals surface area contributed by atoms with Crippen molar-refractivity contribution in [3.05, 3.63) is 46.7 Å². The average molecular weight is 411 g/mol. The van der Waals surface area contributed by atoms with Crippen LogP contribution in [-0.2, 0) is 14.3 Å². The molecule has 1 aliphatic carbocycles. The Kier molecular flexibility index (Phi) is 6.25. The van der Waals surface area contributed by atoms with Crippen molar-refractivity contribution >= 4 is 23.4 Å². The van der Waals surface area contributed by atoms with Gasteiger partial charge in [-0.3, -0.25) is 9.79 Å². The number of ether oxygens (including phenoxy) is 1. The Hall–Kier alpha value is -2.76. The maximum absolute atomic E-state index is 13.2. The van der Waals surface area contributed by atoms with E-state index in [9.17, 15) is 19.5 Å². The van der Waals surface area contributed by atoms with Gasteiger partial charge in [-0.2, -0.15) is 0 Å². The summed E-state index contributed by atoms with van der Waals surface area (Å²) >= 11 is 0. The second-order valence-corrected chi connectivity index (χ2v) is 8.80. The van der Waals surface area contributed by atoms with Gasteiger partial charge in [-0.15, -0.1) is 0 Å². The fourth-order valence-corrected chi connectivity index (χ4v) is 4.57. The first-order chi connectivity index (χ1) is 14.2. The molecule has 1 heterocycles. The topological polar surface area (TPSA) is 93.0 Å². The molecule has 160 valence electrons. The summed E-state index contributed by atoms with van der Waals surface area (Å²) in [5, 5.41) is 9.24. The van der Waals surface area contributed by atoms with Crippen molar-refractivity contribution in [3.63, 3.8) is 0 Å². The number of fused-ring (bicyclic) bond motifs is 1. The SMILES string of the molecule is CCCC1=C(C(=O)OCC)C(c2ccc(C(=O)O)cc2)C2C(=O)CC(C)(C)CC2=N1. The molecule has 0 saturated heterocycles. The lowest BCUT2D eigenvalue weighted by Gasteiger charge is -2.41. The highest BCUT2D eigenvalue weighted by atomic mass is 16.5. The number of nitrogens with zero attached hydrogens (tertiary/aromatic N) is 1. The van der Waals surface area contributed by atoms with Gasteiger partial charge < -0.3 is 9.84 Å². The highest BCUT2D eigenvalue weighted by molar-refractivity contribution is 6.12. The molecule has 2 atom stereocenters. The van der Waals surface area contributed by atoms with E-state index in [0.29, 0.717) is 30.5 Å². The summed E-state index contributed by atoms with van der Waals surface area (Å²) in [5.41, 5.74) is 2.66. The quantitative estimate of drug-likeness (QED) is 0.694. The summed E-state index contributed by atoms with van der Waals surface area (Å²) in [7, 11) is 0. The molecule has 1 aliphatic heterocycles. The van der Waals surface area contributed by atoms with E-state index in [1.165, 1.54) is 12.1 Å². The summed E-state index contributed by atoms with van der Waals surface area (Å²) in [5.74, 6) is -2.43. The molecule has 0 amide bonds. The lowest BCUT2D eigenvalue weighted by atomic mass is 9.63. The van der Waals surface area contributed by atoms with E-state index in [4.69, 9.17) is 9.73 Å². The molecule has 30 heavy (non-hydrogen) atoms. The fraction of sp³-hybridized carbons (Fsp3) is 0.500. The molecular weight excluding hydrogens is 382 g/mol. The molecule has 1 aromatic carbocycles. The van der Waals surface area contributed by atoms with Gasteiger partial charge in [0.25, 0.3) is 0 Å². The van der Waals surface area contributed by atoms with Gasteiger partial charge in [0, 0.05) is 18.1 Å². The number of ketones is 1. The minimum absolute atomic E-state index is 0.0645. The smallest absolute Gasteiger partial charge is 0.336 e. The Morgan fingerprint density at radius 2 is 1.80 bits per heavy atom. The van der Waals surface area contributed by atoms with Crippen LogP contribution in [-0.4, -0.2) is 35.1 Å². The highest BCUT2D eigenvalue weighted by Gasteiger charge is 2.48. The number of hydrogen-bond donors (Lipinski definition) is 1. The number of carboxylic acid groups (broad SMARTS) is 1. The monoisotopic (exact) mass is 411 g/mol. The number of carbonyl (C=O) groups excluding carboxylic acids is 2. The van der Waals surface area contributed by atoms with E-state index in [1.807, 2.05) is 6.92 Å². The number of carboxylic acids is 1. The number of Topliss-reactive ketones (excluding diaryl/α,β-unsaturated/α-hetero) is 1. The molecule has 2 unspecified atom stereocenters. The van der Waals surface area contributed by atoms with Crippen molar-refractivity contribution in [2.75, 3.05) is 6.61 Å². The summed E-state index contributed by atoms with van der Waals surface area (Å²) < 4.78 is 5.36. The number of aromatic carboxylic acids is 1. The van der Waals surface area contributed by atoms with E-state index < -0.39 is 23.8 Å². The summed E-state index contributed by atoms with van der Waals surface area (Å²) in [6.45, 7) is 8.12. The van der Waals surface area contributed by atoms with Gasteiger partial charge in [0.2, 0.25) is 0 Å². The number of carbonyl (C=O) groups is 3. The van der Waals surface area contributed by atoms with Gasteiger partial charge in [-0.05, 0) is 42.9 Å². The molecule has 1 saturated carbocycles. The molecule has 1 fully saturated rings. The third-order valence-corrected chi connectivity index (χ3v) is 5.75. The molecule has 0 radical (unpaired) electrons. The predicted molar refractivity (Wildman–Crippen MR) is 114 cm³/mol. The van der Waals surface area contributed by atoms with Crippen molar-refractivity contribution in [2.45, 2.75) is 59.3 Å². The Balaban J connectivity index is 2.20. The van der Waals surface area contributed by atoms with Crippen LogP contribution in [0.25, 0.3) is 0 Å². The zero-order valence-corrected chi connectivity index (χ0v) is 18.0. The maximum Gasteiger partial charge on any atom is 0.336 e. The number of benzene rings is 1.